The van der Waals surface area contributed by atoms with E-state index in [-0.39, 0.29) is 57.0 Å². The summed E-state index contributed by atoms with van der Waals surface area (Å²) in [7, 11) is 0. The van der Waals surface area contributed by atoms with Crippen LogP contribution in [-0.4, -0.2) is 87.6 Å². The zero-order valence-electron chi connectivity index (χ0n) is 7.50. The summed E-state index contributed by atoms with van der Waals surface area (Å²) in [5.74, 6) is 0. The fraction of sp³-hybridized carbons (Fsp3) is 1.00. The van der Waals surface area contributed by atoms with Gasteiger partial charge in [0.05, 0.1) is 39.6 Å². The van der Waals surface area contributed by atoms with Crippen molar-refractivity contribution in [2.24, 2.45) is 0 Å². The molecule has 0 heterocycles. The first-order valence-electron chi connectivity index (χ1n) is 3.40. The van der Waals surface area contributed by atoms with Crippen molar-refractivity contribution >= 4 is 17.4 Å². The van der Waals surface area contributed by atoms with Gasteiger partial charge in [0, 0.05) is 0 Å². The van der Waals surface area contributed by atoms with Crippen LogP contribution in [0.4, 0.5) is 0 Å². The molecule has 6 N–H and O–H groups in total. The molecule has 0 atom stereocenters. The topological polar surface area (TPSA) is 121 Å². The van der Waals surface area contributed by atoms with E-state index in [1.165, 1.54) is 0 Å². The number of aliphatic hydroxyl groups is 6. The second kappa shape index (κ2) is 39.6. The van der Waals surface area contributed by atoms with Gasteiger partial charge in [0.25, 0.3) is 0 Å². The molecule has 0 aromatic heterocycles. The minimum atomic E-state index is -0.125. The Bertz CT molecular complexity index is 32.6. The second-order valence-corrected chi connectivity index (χ2v) is 1.34. The van der Waals surface area contributed by atoms with Crippen molar-refractivity contribution in [3.8, 4) is 0 Å². The van der Waals surface area contributed by atoms with E-state index >= 15 is 0 Å². The molecule has 0 aliphatic rings. The zero-order chi connectivity index (χ0) is 10.2. The second-order valence-electron chi connectivity index (χ2n) is 1.34. The molecule has 0 aromatic rings. The van der Waals surface area contributed by atoms with Gasteiger partial charge in [-0.05, 0) is 0 Å². The summed E-state index contributed by atoms with van der Waals surface area (Å²) in [5, 5.41) is 45.8. The van der Waals surface area contributed by atoms with E-state index in [1.54, 1.807) is 0 Å². The number of hydrogen-bond donors (Lipinski definition) is 6. The Morgan fingerprint density at radius 3 is 0.462 bits per heavy atom. The molecule has 0 saturated heterocycles. The molecule has 0 rings (SSSR count). The number of hydrogen-bond acceptors (Lipinski definition) is 6. The summed E-state index contributed by atoms with van der Waals surface area (Å²) in [5.41, 5.74) is 0. The Balaban J connectivity index is -0.0000000450. The van der Waals surface area contributed by atoms with Crippen LogP contribution in [0.1, 0.15) is 0 Å². The molecular weight excluding hydrogens is 195 g/mol. The van der Waals surface area contributed by atoms with E-state index in [0.717, 1.165) is 0 Å². The van der Waals surface area contributed by atoms with E-state index in [4.69, 9.17) is 30.6 Å². The van der Waals surface area contributed by atoms with Crippen molar-refractivity contribution in [2.75, 3.05) is 39.6 Å². The smallest absolute Gasteiger partial charge is 0.394 e. The Hall–Kier alpha value is 0.292. The molecule has 6 nitrogen and oxygen atoms in total. The van der Waals surface area contributed by atoms with Crippen LogP contribution in [0.25, 0.3) is 0 Å². The Morgan fingerprint density at radius 1 is 0.385 bits per heavy atom. The fourth-order valence-corrected chi connectivity index (χ4v) is 0. The number of rotatable bonds is 3. The summed E-state index contributed by atoms with van der Waals surface area (Å²) in [6.45, 7) is -0.750. The molecule has 0 unspecified atom stereocenters. The average molecular weight is 213 g/mol. The summed E-state index contributed by atoms with van der Waals surface area (Å²) in [6.07, 6.45) is 0. The van der Waals surface area contributed by atoms with E-state index in [2.05, 4.69) is 0 Å². The Kier molecular flexibility index (Phi) is 70.8. The first-order valence-corrected chi connectivity index (χ1v) is 3.40. The minimum Gasteiger partial charge on any atom is -0.394 e. The average Bonchev–Trinajstić information content (AvgIpc) is 2.18. The van der Waals surface area contributed by atoms with E-state index < -0.39 is 0 Å². The third-order valence-corrected chi connectivity index (χ3v) is 0.300. The van der Waals surface area contributed by atoms with Crippen LogP contribution in [-0.2, 0) is 0 Å². The van der Waals surface area contributed by atoms with E-state index in [9.17, 15) is 0 Å². The molecule has 0 aliphatic heterocycles. The van der Waals surface area contributed by atoms with Gasteiger partial charge in [-0.1, -0.05) is 0 Å². The molecule has 0 amide bonds. The predicted octanol–water partition coefficient (Wildman–Crippen LogP) is -3.47. The molecule has 0 spiro atoms. The number of aliphatic hydroxyl groups excluding tert-OH is 6. The zero-order valence-corrected chi connectivity index (χ0v) is 8.66. The third-order valence-electron chi connectivity index (χ3n) is 0.300. The largest absolute Gasteiger partial charge is 3.00 e. The summed E-state index contributed by atoms with van der Waals surface area (Å²) >= 11 is 0. The first kappa shape index (κ1) is 23.3. The fourth-order valence-electron chi connectivity index (χ4n) is 0. The standard InChI is InChI=1S/3C2H6O2.Al/c3*3-1-2-4;/h3*3-4H,1-2H2;/q;;;+3. The van der Waals surface area contributed by atoms with Crippen LogP contribution < -0.4 is 0 Å². The third kappa shape index (κ3) is 120. The molecule has 0 bridgehead atoms. The van der Waals surface area contributed by atoms with Gasteiger partial charge in [-0.15, -0.1) is 0 Å². The molecule has 0 saturated carbocycles. The van der Waals surface area contributed by atoms with E-state index in [0.29, 0.717) is 0 Å². The molecule has 78 valence electrons. The van der Waals surface area contributed by atoms with Gasteiger partial charge in [0.15, 0.2) is 0 Å². The van der Waals surface area contributed by atoms with Crippen molar-refractivity contribution in [3.05, 3.63) is 0 Å². The van der Waals surface area contributed by atoms with Crippen molar-refractivity contribution in [3.63, 3.8) is 0 Å². The van der Waals surface area contributed by atoms with E-state index in [1.807, 2.05) is 0 Å². The van der Waals surface area contributed by atoms with Gasteiger partial charge in [0.2, 0.25) is 0 Å². The van der Waals surface area contributed by atoms with Crippen LogP contribution in [0.15, 0.2) is 0 Å². The van der Waals surface area contributed by atoms with Crippen molar-refractivity contribution in [1.82, 2.24) is 0 Å². The molecule has 0 aliphatic carbocycles. The maximum Gasteiger partial charge on any atom is 3.00 e. The van der Waals surface area contributed by atoms with Crippen LogP contribution >= 0.6 is 0 Å². The van der Waals surface area contributed by atoms with Gasteiger partial charge in [-0.3, -0.25) is 0 Å². The predicted molar refractivity (Wildman–Crippen MR) is 48.3 cm³/mol. The summed E-state index contributed by atoms with van der Waals surface area (Å²) < 4.78 is 0. The molecule has 7 heteroatoms. The first-order chi connectivity index (χ1) is 5.74. The van der Waals surface area contributed by atoms with Crippen LogP contribution in [0.5, 0.6) is 0 Å². The summed E-state index contributed by atoms with van der Waals surface area (Å²) in [4.78, 5) is 0. The van der Waals surface area contributed by atoms with Gasteiger partial charge in [-0.25, -0.2) is 0 Å². The Labute approximate surface area is 88.2 Å². The maximum atomic E-state index is 7.62. The maximum absolute atomic E-state index is 7.62. The van der Waals surface area contributed by atoms with Gasteiger partial charge >= 0.3 is 17.4 Å². The Morgan fingerprint density at radius 2 is 0.462 bits per heavy atom. The SMILES string of the molecule is OCCO.OCCO.OCCO.[Al+3]. The van der Waals surface area contributed by atoms with Crippen molar-refractivity contribution in [2.45, 2.75) is 0 Å². The summed E-state index contributed by atoms with van der Waals surface area (Å²) in [6, 6.07) is 0. The monoisotopic (exact) mass is 213 g/mol. The van der Waals surface area contributed by atoms with Gasteiger partial charge < -0.3 is 30.6 Å². The quantitative estimate of drug-likeness (QED) is 0.271. The molecule has 0 fully saturated rings. The van der Waals surface area contributed by atoms with Crippen LogP contribution in [0.2, 0.25) is 0 Å². The molecule has 0 aromatic carbocycles. The molecular formula is C6H18AlO6+3. The van der Waals surface area contributed by atoms with Crippen LogP contribution in [0, 0.1) is 0 Å². The molecule has 13 heavy (non-hydrogen) atoms. The van der Waals surface area contributed by atoms with Crippen molar-refractivity contribution in [1.29, 1.82) is 0 Å². The molecule has 0 radical (unpaired) electrons. The van der Waals surface area contributed by atoms with Gasteiger partial charge in [-0.2, -0.15) is 0 Å². The van der Waals surface area contributed by atoms with Gasteiger partial charge in [0.1, 0.15) is 0 Å². The minimum absolute atomic E-state index is 0. The van der Waals surface area contributed by atoms with Crippen LogP contribution in [0.3, 0.4) is 0 Å². The normalized spacial score (nSPS) is 6.92. The van der Waals surface area contributed by atoms with Crippen molar-refractivity contribution < 1.29 is 30.6 Å².